The molecule has 5 heteroatoms. The first-order valence-corrected chi connectivity index (χ1v) is 8.67. The molecule has 0 unspecified atom stereocenters. The quantitative estimate of drug-likeness (QED) is 0.669. The lowest BCUT2D eigenvalue weighted by Gasteiger charge is -2.30. The molecule has 1 N–H and O–H groups in total. The number of hydrogen-bond acceptors (Lipinski definition) is 3. The number of rotatable bonds is 10. The summed E-state index contributed by atoms with van der Waals surface area (Å²) in [6.45, 7) is 9.73. The Bertz CT molecular complexity index is 503. The smallest absolute Gasteiger partial charge is 0.242 e. The molecule has 134 valence electrons. The fourth-order valence-corrected chi connectivity index (χ4v) is 2.34. The zero-order valence-electron chi connectivity index (χ0n) is 15.2. The second-order valence-corrected chi connectivity index (χ2v) is 6.12. The van der Waals surface area contributed by atoms with E-state index in [4.69, 9.17) is 4.74 Å². The van der Waals surface area contributed by atoms with Crippen LogP contribution >= 0.6 is 0 Å². The summed E-state index contributed by atoms with van der Waals surface area (Å²) in [5, 5.41) is 2.89. The number of benzene rings is 1. The van der Waals surface area contributed by atoms with Crippen LogP contribution in [-0.2, 0) is 20.9 Å². The summed E-state index contributed by atoms with van der Waals surface area (Å²) in [5.74, 6) is -0.297. The van der Waals surface area contributed by atoms with Crippen molar-refractivity contribution in [2.75, 3.05) is 19.8 Å². The van der Waals surface area contributed by atoms with Crippen LogP contribution in [0.25, 0.3) is 0 Å². The zero-order chi connectivity index (χ0) is 17.9. The van der Waals surface area contributed by atoms with Gasteiger partial charge in [-0.25, -0.2) is 0 Å². The number of amides is 2. The van der Waals surface area contributed by atoms with E-state index in [9.17, 15) is 9.59 Å². The third-order valence-electron chi connectivity index (χ3n) is 3.79. The lowest BCUT2D eigenvalue weighted by molar-refractivity contribution is -0.143. The van der Waals surface area contributed by atoms with Crippen molar-refractivity contribution in [2.24, 2.45) is 5.92 Å². The van der Waals surface area contributed by atoms with Gasteiger partial charge in [-0.1, -0.05) is 44.2 Å². The van der Waals surface area contributed by atoms with E-state index in [-0.39, 0.29) is 17.7 Å². The van der Waals surface area contributed by atoms with E-state index in [1.165, 1.54) is 0 Å². The second kappa shape index (κ2) is 10.8. The topological polar surface area (TPSA) is 58.6 Å². The van der Waals surface area contributed by atoms with Gasteiger partial charge in [0, 0.05) is 32.2 Å². The Hall–Kier alpha value is -1.88. The molecule has 0 saturated carbocycles. The summed E-state index contributed by atoms with van der Waals surface area (Å²) in [5.41, 5.74) is 1.02. The molecule has 0 bridgehead atoms. The Morgan fingerprint density at radius 2 is 1.83 bits per heavy atom. The van der Waals surface area contributed by atoms with Gasteiger partial charge in [0.2, 0.25) is 11.8 Å². The lowest BCUT2D eigenvalue weighted by Crippen LogP contribution is -2.49. The molecule has 0 radical (unpaired) electrons. The number of carbonyl (C=O) groups excluding carboxylic acids is 2. The van der Waals surface area contributed by atoms with Gasteiger partial charge in [0.25, 0.3) is 0 Å². The van der Waals surface area contributed by atoms with E-state index in [1.807, 2.05) is 51.1 Å². The van der Waals surface area contributed by atoms with Gasteiger partial charge < -0.3 is 15.0 Å². The monoisotopic (exact) mass is 334 g/mol. The highest BCUT2D eigenvalue weighted by Gasteiger charge is 2.27. The van der Waals surface area contributed by atoms with E-state index in [0.29, 0.717) is 26.3 Å². The molecular weight excluding hydrogens is 304 g/mol. The Kier molecular flexibility index (Phi) is 9.08. The summed E-state index contributed by atoms with van der Waals surface area (Å²) >= 11 is 0. The van der Waals surface area contributed by atoms with Gasteiger partial charge in [-0.15, -0.1) is 0 Å². The first-order chi connectivity index (χ1) is 11.5. The highest BCUT2D eigenvalue weighted by atomic mass is 16.5. The molecule has 1 aromatic carbocycles. The molecule has 2 amide bonds. The van der Waals surface area contributed by atoms with Crippen molar-refractivity contribution in [2.45, 2.75) is 46.7 Å². The standard InChI is InChI=1S/C19H30N2O3/c1-5-24-13-9-12-20-18(22)16(4)21(19(23)15(2)3)14-17-10-7-6-8-11-17/h6-8,10-11,15-16H,5,9,12-14H2,1-4H3,(H,20,22)/t16-/m1/s1. The SMILES string of the molecule is CCOCCCNC(=O)[C@@H](C)N(Cc1ccccc1)C(=O)C(C)C. The van der Waals surface area contributed by atoms with E-state index in [0.717, 1.165) is 12.0 Å². The maximum atomic E-state index is 12.5. The second-order valence-electron chi connectivity index (χ2n) is 6.12. The van der Waals surface area contributed by atoms with Gasteiger partial charge in [-0.3, -0.25) is 9.59 Å². The third-order valence-corrected chi connectivity index (χ3v) is 3.79. The molecule has 5 nitrogen and oxygen atoms in total. The fraction of sp³-hybridized carbons (Fsp3) is 0.579. The molecule has 0 spiro atoms. The molecule has 0 aliphatic rings. The van der Waals surface area contributed by atoms with Crippen molar-refractivity contribution >= 4 is 11.8 Å². The Balaban J connectivity index is 2.67. The van der Waals surface area contributed by atoms with Crippen LogP contribution in [0.3, 0.4) is 0 Å². The maximum Gasteiger partial charge on any atom is 0.242 e. The minimum absolute atomic E-state index is 0.0178. The van der Waals surface area contributed by atoms with Crippen molar-refractivity contribution in [3.63, 3.8) is 0 Å². The first-order valence-electron chi connectivity index (χ1n) is 8.67. The Morgan fingerprint density at radius 3 is 2.42 bits per heavy atom. The maximum absolute atomic E-state index is 12.5. The van der Waals surface area contributed by atoms with Crippen LogP contribution in [0.4, 0.5) is 0 Å². The highest BCUT2D eigenvalue weighted by Crippen LogP contribution is 2.13. The van der Waals surface area contributed by atoms with Crippen molar-refractivity contribution in [1.29, 1.82) is 0 Å². The van der Waals surface area contributed by atoms with Crippen LogP contribution in [0.2, 0.25) is 0 Å². The number of carbonyl (C=O) groups is 2. The van der Waals surface area contributed by atoms with E-state index < -0.39 is 6.04 Å². The molecule has 0 heterocycles. The summed E-state index contributed by atoms with van der Waals surface area (Å²) in [6.07, 6.45) is 0.767. The molecule has 0 saturated heterocycles. The molecule has 1 aromatic rings. The molecule has 0 aliphatic carbocycles. The minimum Gasteiger partial charge on any atom is -0.382 e. The van der Waals surface area contributed by atoms with E-state index >= 15 is 0 Å². The van der Waals surface area contributed by atoms with Gasteiger partial charge in [0.1, 0.15) is 6.04 Å². The van der Waals surface area contributed by atoms with E-state index in [1.54, 1.807) is 11.8 Å². The van der Waals surface area contributed by atoms with Crippen LogP contribution in [0.1, 0.15) is 39.7 Å². The van der Waals surface area contributed by atoms with Crippen LogP contribution in [-0.4, -0.2) is 42.5 Å². The number of nitrogens with zero attached hydrogens (tertiary/aromatic N) is 1. The van der Waals surface area contributed by atoms with Gasteiger partial charge in [-0.05, 0) is 25.8 Å². The summed E-state index contributed by atoms with van der Waals surface area (Å²) in [4.78, 5) is 26.6. The van der Waals surface area contributed by atoms with Crippen molar-refractivity contribution < 1.29 is 14.3 Å². The van der Waals surface area contributed by atoms with Gasteiger partial charge >= 0.3 is 0 Å². The number of ether oxygens (including phenoxy) is 1. The fourth-order valence-electron chi connectivity index (χ4n) is 2.34. The average molecular weight is 334 g/mol. The largest absolute Gasteiger partial charge is 0.382 e. The first kappa shape index (κ1) is 20.2. The van der Waals surface area contributed by atoms with Crippen molar-refractivity contribution in [3.8, 4) is 0 Å². The third kappa shape index (κ3) is 6.71. The molecule has 1 rings (SSSR count). The van der Waals surface area contributed by atoms with Crippen LogP contribution in [0.15, 0.2) is 30.3 Å². The summed E-state index contributed by atoms with van der Waals surface area (Å²) in [6, 6.07) is 9.23. The molecule has 1 atom stereocenters. The Labute approximate surface area is 145 Å². The summed E-state index contributed by atoms with van der Waals surface area (Å²) < 4.78 is 5.26. The van der Waals surface area contributed by atoms with E-state index in [2.05, 4.69) is 5.32 Å². The molecule has 24 heavy (non-hydrogen) atoms. The zero-order valence-corrected chi connectivity index (χ0v) is 15.2. The predicted octanol–water partition coefficient (Wildman–Crippen LogP) is 2.60. The van der Waals surface area contributed by atoms with Gasteiger partial charge in [0.15, 0.2) is 0 Å². The van der Waals surface area contributed by atoms with Gasteiger partial charge in [0.05, 0.1) is 0 Å². The van der Waals surface area contributed by atoms with Crippen molar-refractivity contribution in [3.05, 3.63) is 35.9 Å². The average Bonchev–Trinajstić information content (AvgIpc) is 2.59. The minimum atomic E-state index is -0.507. The Morgan fingerprint density at radius 1 is 1.17 bits per heavy atom. The number of hydrogen-bond donors (Lipinski definition) is 1. The molecule has 0 aromatic heterocycles. The molecule has 0 aliphatic heterocycles. The van der Waals surface area contributed by atoms with Crippen molar-refractivity contribution in [1.82, 2.24) is 10.2 Å². The molecule has 0 fully saturated rings. The lowest BCUT2D eigenvalue weighted by atomic mass is 10.1. The highest BCUT2D eigenvalue weighted by molar-refractivity contribution is 5.88. The molecular formula is C19H30N2O3. The van der Waals surface area contributed by atoms with Crippen LogP contribution in [0, 0.1) is 5.92 Å². The predicted molar refractivity (Wildman–Crippen MR) is 95.4 cm³/mol. The van der Waals surface area contributed by atoms with Gasteiger partial charge in [-0.2, -0.15) is 0 Å². The van der Waals surface area contributed by atoms with Crippen LogP contribution in [0.5, 0.6) is 0 Å². The normalized spacial score (nSPS) is 12.0. The number of nitrogens with one attached hydrogen (secondary N) is 1. The summed E-state index contributed by atoms with van der Waals surface area (Å²) in [7, 11) is 0. The van der Waals surface area contributed by atoms with Crippen LogP contribution < -0.4 is 5.32 Å².